The van der Waals surface area contributed by atoms with Gasteiger partial charge in [-0.1, -0.05) is 12.5 Å². The Morgan fingerprint density at radius 3 is 1.23 bits per heavy atom. The molecule has 13 heavy (non-hydrogen) atoms. The van der Waals surface area contributed by atoms with Crippen LogP contribution in [0.25, 0.3) is 0 Å². The maximum absolute atomic E-state index is 8.36. The lowest BCUT2D eigenvalue weighted by Crippen LogP contribution is -1.93. The Balaban J connectivity index is -0.000000117. The zero-order valence-electron chi connectivity index (χ0n) is 9.96. The van der Waals surface area contributed by atoms with Gasteiger partial charge in [-0.3, -0.25) is 0 Å². The van der Waals surface area contributed by atoms with Crippen LogP contribution in [0.1, 0.15) is 48.0 Å². The Bertz CT molecular complexity index is 89.5. The molecule has 0 radical (unpaired) electrons. The smallest absolute Gasteiger partial charge is 0.0509 e. The van der Waals surface area contributed by atoms with Gasteiger partial charge in [0.25, 0.3) is 0 Å². The first-order valence-electron chi connectivity index (χ1n) is 4.72. The van der Waals surface area contributed by atoms with Crippen molar-refractivity contribution in [1.82, 2.24) is 0 Å². The Kier molecular flexibility index (Phi) is 20.1. The van der Waals surface area contributed by atoms with Crippen molar-refractivity contribution < 1.29 is 10.2 Å². The van der Waals surface area contributed by atoms with Gasteiger partial charge in [0.1, 0.15) is 0 Å². The van der Waals surface area contributed by atoms with E-state index in [1.54, 1.807) is 20.8 Å². The van der Waals surface area contributed by atoms with E-state index in [-0.39, 0.29) is 12.2 Å². The fraction of sp³-hybridized carbons (Fsp3) is 0.818. The third-order valence-corrected chi connectivity index (χ3v) is 0.591. The van der Waals surface area contributed by atoms with E-state index in [0.29, 0.717) is 0 Å². The second-order valence-electron chi connectivity index (χ2n) is 3.56. The van der Waals surface area contributed by atoms with E-state index in [4.69, 9.17) is 10.2 Å². The first-order valence-corrected chi connectivity index (χ1v) is 4.72. The predicted octanol–water partition coefficient (Wildman–Crippen LogP) is 2.75. The second kappa shape index (κ2) is 14.2. The van der Waals surface area contributed by atoms with Gasteiger partial charge in [-0.15, -0.1) is 6.58 Å². The topological polar surface area (TPSA) is 40.5 Å². The van der Waals surface area contributed by atoms with Gasteiger partial charge in [0.15, 0.2) is 0 Å². The summed E-state index contributed by atoms with van der Waals surface area (Å²) in [6.07, 6.45) is 0.579. The Morgan fingerprint density at radius 1 is 1.15 bits per heavy atom. The fourth-order valence-corrected chi connectivity index (χ4v) is 0. The van der Waals surface area contributed by atoms with Crippen LogP contribution in [0.15, 0.2) is 12.2 Å². The SMILES string of the molecule is C=C(C)C.CC(C)O.CCC(C)O. The Labute approximate surface area is 83.3 Å². The Hall–Kier alpha value is -0.340. The standard InChI is InChI=1S/C4H10O.C4H8.C3H8O/c1-3-4(2)5;1-4(2)3;1-3(2)4/h4-5H,3H2,1-2H3;1H2,2-3H3;3-4H,1-2H3. The third-order valence-electron chi connectivity index (χ3n) is 0.591. The predicted molar refractivity (Wildman–Crippen MR) is 59.8 cm³/mol. The monoisotopic (exact) mass is 190 g/mol. The van der Waals surface area contributed by atoms with Crippen LogP contribution in [0.3, 0.4) is 0 Å². The molecule has 1 atom stereocenters. The van der Waals surface area contributed by atoms with Gasteiger partial charge < -0.3 is 10.2 Å². The lowest BCUT2D eigenvalue weighted by atomic mass is 10.3. The fourth-order valence-electron chi connectivity index (χ4n) is 0. The maximum Gasteiger partial charge on any atom is 0.0509 e. The van der Waals surface area contributed by atoms with Crippen LogP contribution in [0, 0.1) is 0 Å². The van der Waals surface area contributed by atoms with Crippen LogP contribution >= 0.6 is 0 Å². The zero-order chi connectivity index (χ0) is 11.4. The largest absolute Gasteiger partial charge is 0.394 e. The molecule has 0 aromatic carbocycles. The van der Waals surface area contributed by atoms with Gasteiger partial charge in [0.2, 0.25) is 0 Å². The van der Waals surface area contributed by atoms with Crippen molar-refractivity contribution in [3.8, 4) is 0 Å². The summed E-state index contributed by atoms with van der Waals surface area (Å²) in [6.45, 7) is 14.7. The van der Waals surface area contributed by atoms with Crippen molar-refractivity contribution in [2.45, 2.75) is 60.2 Å². The number of allylic oxidation sites excluding steroid dienone is 1. The molecule has 0 aliphatic rings. The summed E-state index contributed by atoms with van der Waals surface area (Å²) in [4.78, 5) is 0. The zero-order valence-corrected chi connectivity index (χ0v) is 9.96. The van der Waals surface area contributed by atoms with E-state index in [9.17, 15) is 0 Å². The second-order valence-corrected chi connectivity index (χ2v) is 3.56. The van der Waals surface area contributed by atoms with E-state index >= 15 is 0 Å². The average Bonchev–Trinajstić information content (AvgIpc) is 1.84. The van der Waals surface area contributed by atoms with Gasteiger partial charge in [0, 0.05) is 6.10 Å². The molecule has 0 amide bonds. The first-order chi connectivity index (χ1) is 5.73. The lowest BCUT2D eigenvalue weighted by Gasteiger charge is -1.90. The van der Waals surface area contributed by atoms with E-state index in [0.717, 1.165) is 6.42 Å². The number of rotatable bonds is 1. The molecule has 2 nitrogen and oxygen atoms in total. The van der Waals surface area contributed by atoms with Crippen LogP contribution in [-0.2, 0) is 0 Å². The van der Waals surface area contributed by atoms with Crippen molar-refractivity contribution in [3.05, 3.63) is 12.2 Å². The molecule has 0 spiro atoms. The average molecular weight is 190 g/mol. The summed E-state index contributed by atoms with van der Waals surface area (Å²) in [5, 5.41) is 16.4. The van der Waals surface area contributed by atoms with Crippen molar-refractivity contribution in [1.29, 1.82) is 0 Å². The van der Waals surface area contributed by atoms with Crippen molar-refractivity contribution in [2.24, 2.45) is 0 Å². The van der Waals surface area contributed by atoms with Gasteiger partial charge >= 0.3 is 0 Å². The minimum atomic E-state index is -0.167. The summed E-state index contributed by atoms with van der Waals surface area (Å²) < 4.78 is 0. The highest BCUT2D eigenvalue weighted by molar-refractivity contribution is 4.78. The lowest BCUT2D eigenvalue weighted by molar-refractivity contribution is 0.191. The quantitative estimate of drug-likeness (QED) is 0.624. The number of aliphatic hydroxyl groups is 2. The molecule has 0 aromatic heterocycles. The molecular formula is C11H26O2. The summed E-state index contributed by atoms with van der Waals surface area (Å²) in [7, 11) is 0. The molecule has 0 fully saturated rings. The minimum Gasteiger partial charge on any atom is -0.394 e. The van der Waals surface area contributed by atoms with Crippen molar-refractivity contribution >= 4 is 0 Å². The molecule has 0 aromatic rings. The third kappa shape index (κ3) is 395. The van der Waals surface area contributed by atoms with E-state index < -0.39 is 0 Å². The van der Waals surface area contributed by atoms with E-state index in [1.165, 1.54) is 5.57 Å². The molecule has 1 unspecified atom stereocenters. The highest BCUT2D eigenvalue weighted by atomic mass is 16.3. The van der Waals surface area contributed by atoms with Crippen LogP contribution in [-0.4, -0.2) is 22.4 Å². The van der Waals surface area contributed by atoms with Crippen LogP contribution in [0.5, 0.6) is 0 Å². The molecule has 0 aliphatic heterocycles. The number of hydrogen-bond donors (Lipinski definition) is 2. The maximum atomic E-state index is 8.36. The van der Waals surface area contributed by atoms with E-state index in [2.05, 4.69) is 6.58 Å². The van der Waals surface area contributed by atoms with Crippen molar-refractivity contribution in [3.63, 3.8) is 0 Å². The van der Waals surface area contributed by atoms with Crippen molar-refractivity contribution in [2.75, 3.05) is 0 Å². The molecule has 0 saturated carbocycles. The molecule has 0 heterocycles. The molecular weight excluding hydrogens is 164 g/mol. The van der Waals surface area contributed by atoms with Gasteiger partial charge in [-0.2, -0.15) is 0 Å². The number of aliphatic hydroxyl groups excluding tert-OH is 2. The molecule has 2 N–H and O–H groups in total. The molecule has 0 rings (SSSR count). The summed E-state index contributed by atoms with van der Waals surface area (Å²) in [5.74, 6) is 0. The first kappa shape index (κ1) is 18.4. The molecule has 0 bridgehead atoms. The Morgan fingerprint density at radius 2 is 1.23 bits per heavy atom. The normalized spacial score (nSPS) is 10.5. The highest BCUT2D eigenvalue weighted by Crippen LogP contribution is 1.81. The van der Waals surface area contributed by atoms with Gasteiger partial charge in [0.05, 0.1) is 6.10 Å². The van der Waals surface area contributed by atoms with E-state index in [1.807, 2.05) is 20.8 Å². The van der Waals surface area contributed by atoms with Gasteiger partial charge in [-0.05, 0) is 41.0 Å². The van der Waals surface area contributed by atoms with Crippen LogP contribution in [0.4, 0.5) is 0 Å². The summed E-state index contributed by atoms with van der Waals surface area (Å²) in [5.41, 5.74) is 1.17. The minimum absolute atomic E-state index is 0.116. The van der Waals surface area contributed by atoms with Crippen LogP contribution in [0.2, 0.25) is 0 Å². The molecule has 82 valence electrons. The number of hydrogen-bond acceptors (Lipinski definition) is 2. The highest BCUT2D eigenvalue weighted by Gasteiger charge is 1.81. The van der Waals surface area contributed by atoms with Gasteiger partial charge in [-0.25, -0.2) is 0 Å². The summed E-state index contributed by atoms with van der Waals surface area (Å²) in [6, 6.07) is 0. The molecule has 0 saturated heterocycles. The summed E-state index contributed by atoms with van der Waals surface area (Å²) >= 11 is 0. The van der Waals surface area contributed by atoms with Crippen LogP contribution < -0.4 is 0 Å². The molecule has 2 heteroatoms. The molecule has 0 aliphatic carbocycles.